The van der Waals surface area contributed by atoms with E-state index in [1.807, 2.05) is 0 Å². The van der Waals surface area contributed by atoms with Crippen LogP contribution in [0.4, 0.5) is 18.3 Å². The molecule has 0 aliphatic carbocycles. The first-order chi connectivity index (χ1) is 7.47. The number of halogens is 3. The fourth-order valence-electron chi connectivity index (χ4n) is 1.18. The quantitative estimate of drug-likeness (QED) is 0.840. The summed E-state index contributed by atoms with van der Waals surface area (Å²) in [6, 6.07) is 4.90. The van der Waals surface area contributed by atoms with E-state index in [0.29, 0.717) is 10.6 Å². The van der Waals surface area contributed by atoms with E-state index < -0.39 is 11.7 Å². The lowest BCUT2D eigenvalue weighted by molar-refractivity contribution is -0.137. The highest BCUT2D eigenvalue weighted by Crippen LogP contribution is 2.33. The average Bonchev–Trinajstić information content (AvgIpc) is 2.64. The van der Waals surface area contributed by atoms with Gasteiger partial charge in [-0.25, -0.2) is 0 Å². The summed E-state index contributed by atoms with van der Waals surface area (Å²) in [7, 11) is 0. The smallest absolute Gasteiger partial charge is 0.374 e. The van der Waals surface area contributed by atoms with Crippen molar-refractivity contribution in [3.63, 3.8) is 0 Å². The zero-order valence-corrected chi connectivity index (χ0v) is 8.64. The zero-order chi connectivity index (χ0) is 11.8. The predicted octanol–water partition coefficient (Wildman–Crippen LogP) is 2.81. The van der Waals surface area contributed by atoms with Gasteiger partial charge in [0.2, 0.25) is 5.13 Å². The Hall–Kier alpha value is -1.63. The number of aromatic nitrogens is 2. The third-order valence-corrected chi connectivity index (χ3v) is 2.68. The van der Waals surface area contributed by atoms with Crippen molar-refractivity contribution >= 4 is 16.5 Å². The number of alkyl halides is 3. The van der Waals surface area contributed by atoms with Gasteiger partial charge in [0.1, 0.15) is 5.01 Å². The standard InChI is InChI=1S/C9H6F3N3S/c10-9(11,12)6-3-1-2-5(4-6)7-14-15-8(13)16-7/h1-4H,(H2,13,15). The molecule has 1 aromatic heterocycles. The molecular formula is C9H6F3N3S. The lowest BCUT2D eigenvalue weighted by atomic mass is 10.1. The first kappa shape index (κ1) is 10.9. The highest BCUT2D eigenvalue weighted by Gasteiger charge is 2.30. The zero-order valence-electron chi connectivity index (χ0n) is 7.82. The summed E-state index contributed by atoms with van der Waals surface area (Å²) in [6.45, 7) is 0. The first-order valence-electron chi connectivity index (χ1n) is 4.23. The minimum Gasteiger partial charge on any atom is -0.374 e. The number of rotatable bonds is 1. The van der Waals surface area contributed by atoms with Crippen molar-refractivity contribution in [2.75, 3.05) is 5.73 Å². The summed E-state index contributed by atoms with van der Waals surface area (Å²) in [5, 5.41) is 7.84. The number of nitrogens with two attached hydrogens (primary N) is 1. The Bertz CT molecular complexity index is 507. The largest absolute Gasteiger partial charge is 0.416 e. The molecule has 2 aromatic rings. The topological polar surface area (TPSA) is 51.8 Å². The molecule has 0 fully saturated rings. The third-order valence-electron chi connectivity index (χ3n) is 1.88. The minimum atomic E-state index is -4.35. The van der Waals surface area contributed by atoms with E-state index >= 15 is 0 Å². The normalized spacial score (nSPS) is 11.7. The van der Waals surface area contributed by atoms with Gasteiger partial charge < -0.3 is 5.73 Å². The molecule has 0 spiro atoms. The first-order valence-corrected chi connectivity index (χ1v) is 5.05. The van der Waals surface area contributed by atoms with E-state index in [1.54, 1.807) is 0 Å². The van der Waals surface area contributed by atoms with Gasteiger partial charge in [-0.2, -0.15) is 13.2 Å². The van der Waals surface area contributed by atoms with Crippen LogP contribution in [-0.2, 0) is 6.18 Å². The van der Waals surface area contributed by atoms with Crippen LogP contribution < -0.4 is 5.73 Å². The lowest BCUT2D eigenvalue weighted by Gasteiger charge is -2.06. The fourth-order valence-corrected chi connectivity index (χ4v) is 1.79. The summed E-state index contributed by atoms with van der Waals surface area (Å²) >= 11 is 1.05. The number of hydrogen-bond donors (Lipinski definition) is 1. The number of hydrogen-bond acceptors (Lipinski definition) is 4. The van der Waals surface area contributed by atoms with Crippen LogP contribution >= 0.6 is 11.3 Å². The molecule has 7 heteroatoms. The highest BCUT2D eigenvalue weighted by molar-refractivity contribution is 7.18. The predicted molar refractivity (Wildman–Crippen MR) is 54.8 cm³/mol. The van der Waals surface area contributed by atoms with Crippen molar-refractivity contribution in [3.05, 3.63) is 29.8 Å². The van der Waals surface area contributed by atoms with Gasteiger partial charge in [0, 0.05) is 5.56 Å². The molecule has 16 heavy (non-hydrogen) atoms. The summed E-state index contributed by atoms with van der Waals surface area (Å²) in [6.07, 6.45) is -4.35. The van der Waals surface area contributed by atoms with Gasteiger partial charge >= 0.3 is 6.18 Å². The lowest BCUT2D eigenvalue weighted by Crippen LogP contribution is -2.04. The van der Waals surface area contributed by atoms with Gasteiger partial charge in [-0.3, -0.25) is 0 Å². The third kappa shape index (κ3) is 2.13. The Labute approximate surface area is 92.7 Å². The van der Waals surface area contributed by atoms with Gasteiger partial charge in [-0.05, 0) is 12.1 Å². The van der Waals surface area contributed by atoms with Crippen molar-refractivity contribution in [1.82, 2.24) is 10.2 Å². The monoisotopic (exact) mass is 245 g/mol. The summed E-state index contributed by atoms with van der Waals surface area (Å²) in [5.41, 5.74) is 5.02. The van der Waals surface area contributed by atoms with E-state index in [0.717, 1.165) is 23.5 Å². The molecule has 0 atom stereocenters. The molecule has 2 N–H and O–H groups in total. The summed E-state index contributed by atoms with van der Waals surface area (Å²) in [5.74, 6) is 0. The summed E-state index contributed by atoms with van der Waals surface area (Å²) in [4.78, 5) is 0. The molecule has 0 unspecified atom stereocenters. The summed E-state index contributed by atoms with van der Waals surface area (Å²) < 4.78 is 37.3. The number of benzene rings is 1. The molecule has 1 aromatic carbocycles. The Morgan fingerprint density at radius 1 is 1.19 bits per heavy atom. The Morgan fingerprint density at radius 3 is 2.50 bits per heavy atom. The molecule has 3 nitrogen and oxygen atoms in total. The van der Waals surface area contributed by atoms with Crippen molar-refractivity contribution < 1.29 is 13.2 Å². The molecule has 0 bridgehead atoms. The molecular weight excluding hydrogens is 239 g/mol. The average molecular weight is 245 g/mol. The molecule has 0 saturated heterocycles. The minimum absolute atomic E-state index is 0.229. The fraction of sp³-hybridized carbons (Fsp3) is 0.111. The van der Waals surface area contributed by atoms with Gasteiger partial charge in [0.25, 0.3) is 0 Å². The van der Waals surface area contributed by atoms with E-state index in [4.69, 9.17) is 5.73 Å². The second kappa shape index (κ2) is 3.75. The molecule has 0 aliphatic heterocycles. The second-order valence-corrected chi connectivity index (χ2v) is 4.03. The van der Waals surface area contributed by atoms with E-state index in [1.165, 1.54) is 12.1 Å². The van der Waals surface area contributed by atoms with Crippen LogP contribution in [0.5, 0.6) is 0 Å². The Balaban J connectivity index is 2.44. The van der Waals surface area contributed by atoms with Crippen LogP contribution in [0, 0.1) is 0 Å². The van der Waals surface area contributed by atoms with E-state index in [9.17, 15) is 13.2 Å². The highest BCUT2D eigenvalue weighted by atomic mass is 32.1. The molecule has 0 radical (unpaired) electrons. The molecule has 2 rings (SSSR count). The van der Waals surface area contributed by atoms with Crippen molar-refractivity contribution in [2.24, 2.45) is 0 Å². The number of nitrogen functional groups attached to an aromatic ring is 1. The number of nitrogens with zero attached hydrogens (tertiary/aromatic N) is 2. The van der Waals surface area contributed by atoms with Crippen LogP contribution in [0.3, 0.4) is 0 Å². The van der Waals surface area contributed by atoms with Gasteiger partial charge in [-0.1, -0.05) is 23.5 Å². The maximum Gasteiger partial charge on any atom is 0.416 e. The van der Waals surface area contributed by atoms with E-state index in [-0.39, 0.29) is 5.13 Å². The van der Waals surface area contributed by atoms with Gasteiger partial charge in [0.05, 0.1) is 5.56 Å². The maximum atomic E-state index is 12.4. The number of anilines is 1. The van der Waals surface area contributed by atoms with Crippen LogP contribution in [0.2, 0.25) is 0 Å². The van der Waals surface area contributed by atoms with Crippen LogP contribution in [-0.4, -0.2) is 10.2 Å². The Kier molecular flexibility index (Phi) is 2.55. The molecule has 1 heterocycles. The Morgan fingerprint density at radius 2 is 1.94 bits per heavy atom. The molecule has 0 saturated carbocycles. The van der Waals surface area contributed by atoms with Crippen LogP contribution in [0.15, 0.2) is 24.3 Å². The maximum absolute atomic E-state index is 12.4. The van der Waals surface area contributed by atoms with Crippen LogP contribution in [0.1, 0.15) is 5.56 Å². The SMILES string of the molecule is Nc1nnc(-c2cccc(C(F)(F)F)c2)s1. The molecule has 0 amide bonds. The van der Waals surface area contributed by atoms with E-state index in [2.05, 4.69) is 10.2 Å². The second-order valence-electron chi connectivity index (χ2n) is 3.02. The van der Waals surface area contributed by atoms with Gasteiger partial charge in [-0.15, -0.1) is 10.2 Å². The molecule has 84 valence electrons. The van der Waals surface area contributed by atoms with Gasteiger partial charge in [0.15, 0.2) is 0 Å². The van der Waals surface area contributed by atoms with Crippen molar-refractivity contribution in [3.8, 4) is 10.6 Å². The van der Waals surface area contributed by atoms with Crippen molar-refractivity contribution in [2.45, 2.75) is 6.18 Å². The van der Waals surface area contributed by atoms with Crippen molar-refractivity contribution in [1.29, 1.82) is 0 Å². The van der Waals surface area contributed by atoms with Crippen LogP contribution in [0.25, 0.3) is 10.6 Å². The molecule has 0 aliphatic rings.